The van der Waals surface area contributed by atoms with Crippen LogP contribution in [0, 0.1) is 0 Å². The Hall–Kier alpha value is -3.17. The van der Waals surface area contributed by atoms with E-state index < -0.39 is 24.3 Å². The first-order chi connectivity index (χ1) is 17.8. The van der Waals surface area contributed by atoms with E-state index in [0.717, 1.165) is 31.5 Å². The van der Waals surface area contributed by atoms with Gasteiger partial charge in [-0.15, -0.1) is 0 Å². The van der Waals surface area contributed by atoms with Crippen LogP contribution in [-0.4, -0.2) is 75.8 Å². The normalized spacial score (nSPS) is 21.4. The maximum Gasteiger partial charge on any atom is 0.490 e. The molecule has 2 aliphatic rings. The van der Waals surface area contributed by atoms with Gasteiger partial charge in [0, 0.05) is 37.1 Å². The molecule has 2 N–H and O–H groups in total. The Morgan fingerprint density at radius 3 is 2.21 bits per heavy atom. The number of rotatable bonds is 6. The van der Waals surface area contributed by atoms with Crippen LogP contribution < -0.4 is 0 Å². The van der Waals surface area contributed by atoms with Gasteiger partial charge in [0.15, 0.2) is 0 Å². The van der Waals surface area contributed by atoms with E-state index in [1.54, 1.807) is 12.5 Å². The van der Waals surface area contributed by atoms with Crippen LogP contribution in [0.25, 0.3) is 0 Å². The highest BCUT2D eigenvalue weighted by atomic mass is 19.4. The number of hydrogen-bond donors (Lipinski definition) is 2. The van der Waals surface area contributed by atoms with Crippen molar-refractivity contribution in [3.63, 3.8) is 0 Å². The number of nitrogens with zero attached hydrogens (tertiary/aromatic N) is 2. The standard InChI is InChI=1S/C19H24N2O3.2C2HF3O2/c1-2-15(10-20-7-1)12-23-14-17-3-4-18-19(24-17)5-8-21(18)11-16-6-9-22-13-16;2*3-2(4,5)1(6)7/h1-2,6-7,9-10,13,17-19H,3-5,8,11-12,14H2;2*(H,6,7)/t17-,18+,19+;;/m1../s1. The number of ether oxygens (including phenoxy) is 2. The molecule has 2 saturated heterocycles. The van der Waals surface area contributed by atoms with E-state index in [1.807, 2.05) is 30.7 Å². The molecule has 2 aromatic heterocycles. The number of carboxylic acids is 2. The van der Waals surface area contributed by atoms with Crippen LogP contribution in [0.1, 0.15) is 30.4 Å². The Labute approximate surface area is 213 Å². The van der Waals surface area contributed by atoms with E-state index in [1.165, 1.54) is 12.0 Å². The number of pyridine rings is 1. The Balaban J connectivity index is 0.000000301. The number of fused-ring (bicyclic) bond motifs is 1. The van der Waals surface area contributed by atoms with Gasteiger partial charge in [-0.3, -0.25) is 9.88 Å². The molecule has 4 rings (SSSR count). The third-order valence-electron chi connectivity index (χ3n) is 5.50. The van der Waals surface area contributed by atoms with Crippen molar-refractivity contribution in [2.24, 2.45) is 0 Å². The lowest BCUT2D eigenvalue weighted by Crippen LogP contribution is -2.43. The molecule has 0 unspecified atom stereocenters. The molecular formula is C23H26F6N2O7. The van der Waals surface area contributed by atoms with Crippen LogP contribution in [0.15, 0.2) is 47.5 Å². The van der Waals surface area contributed by atoms with Crippen molar-refractivity contribution in [3.8, 4) is 0 Å². The van der Waals surface area contributed by atoms with Gasteiger partial charge in [0.25, 0.3) is 0 Å². The zero-order valence-corrected chi connectivity index (χ0v) is 19.8. The van der Waals surface area contributed by atoms with Gasteiger partial charge < -0.3 is 24.1 Å². The predicted molar refractivity (Wildman–Crippen MR) is 117 cm³/mol. The minimum Gasteiger partial charge on any atom is -0.475 e. The molecule has 0 aliphatic carbocycles. The SMILES string of the molecule is O=C(O)C(F)(F)F.O=C(O)C(F)(F)F.c1cncc(COC[C@H]2CC[C@H]3[C@H](CCN3Cc3ccoc3)O2)c1. The summed E-state index contributed by atoms with van der Waals surface area (Å²) >= 11 is 0. The number of carboxylic acid groups (broad SMARTS) is 2. The number of carbonyl (C=O) groups is 2. The monoisotopic (exact) mass is 556 g/mol. The summed E-state index contributed by atoms with van der Waals surface area (Å²) in [5.41, 5.74) is 2.36. The van der Waals surface area contributed by atoms with Gasteiger partial charge in [0.2, 0.25) is 0 Å². The van der Waals surface area contributed by atoms with Crippen LogP contribution in [0.4, 0.5) is 26.3 Å². The molecule has 0 amide bonds. The summed E-state index contributed by atoms with van der Waals surface area (Å²) in [7, 11) is 0. The third-order valence-corrected chi connectivity index (χ3v) is 5.50. The Morgan fingerprint density at radius 1 is 1.03 bits per heavy atom. The van der Waals surface area contributed by atoms with Gasteiger partial charge >= 0.3 is 24.3 Å². The molecule has 4 heterocycles. The zero-order chi connectivity index (χ0) is 28.3. The lowest BCUT2D eigenvalue weighted by Gasteiger charge is -2.35. The molecule has 2 aliphatic heterocycles. The number of alkyl halides is 6. The second kappa shape index (κ2) is 14.1. The number of aromatic nitrogens is 1. The molecule has 9 nitrogen and oxygen atoms in total. The molecule has 0 radical (unpaired) electrons. The van der Waals surface area contributed by atoms with Crippen molar-refractivity contribution >= 4 is 11.9 Å². The Kier molecular flexibility index (Phi) is 11.5. The van der Waals surface area contributed by atoms with Crippen molar-refractivity contribution in [1.82, 2.24) is 9.88 Å². The number of aliphatic carboxylic acids is 2. The van der Waals surface area contributed by atoms with E-state index in [-0.39, 0.29) is 6.10 Å². The summed E-state index contributed by atoms with van der Waals surface area (Å²) in [5.74, 6) is -5.51. The fourth-order valence-corrected chi connectivity index (χ4v) is 3.81. The Morgan fingerprint density at radius 2 is 1.68 bits per heavy atom. The number of likely N-dealkylation sites (tertiary alicyclic amines) is 1. The van der Waals surface area contributed by atoms with Gasteiger partial charge in [0.1, 0.15) is 0 Å². The third kappa shape index (κ3) is 10.7. The van der Waals surface area contributed by atoms with Gasteiger partial charge in [-0.25, -0.2) is 9.59 Å². The zero-order valence-electron chi connectivity index (χ0n) is 19.8. The molecule has 2 fully saturated rings. The second-order valence-corrected chi connectivity index (χ2v) is 8.31. The summed E-state index contributed by atoms with van der Waals surface area (Å²) < 4.78 is 80.8. The van der Waals surface area contributed by atoms with E-state index in [9.17, 15) is 26.3 Å². The van der Waals surface area contributed by atoms with Crippen LogP contribution >= 0.6 is 0 Å². The van der Waals surface area contributed by atoms with Crippen LogP contribution in [0.2, 0.25) is 0 Å². The maximum atomic E-state index is 10.6. The lowest BCUT2D eigenvalue weighted by molar-refractivity contribution is -0.193. The molecule has 0 bridgehead atoms. The summed E-state index contributed by atoms with van der Waals surface area (Å²) in [6.07, 6.45) is 0.976. The summed E-state index contributed by atoms with van der Waals surface area (Å²) in [6, 6.07) is 6.56. The fourth-order valence-electron chi connectivity index (χ4n) is 3.81. The van der Waals surface area contributed by atoms with Gasteiger partial charge in [-0.2, -0.15) is 26.3 Å². The molecule has 0 saturated carbocycles. The average Bonchev–Trinajstić information content (AvgIpc) is 3.50. The first-order valence-corrected chi connectivity index (χ1v) is 11.2. The minimum absolute atomic E-state index is 0.219. The number of hydrogen-bond acceptors (Lipinski definition) is 7. The number of furan rings is 1. The summed E-state index contributed by atoms with van der Waals surface area (Å²) in [6.45, 7) is 3.33. The van der Waals surface area contributed by atoms with Crippen molar-refractivity contribution in [1.29, 1.82) is 0 Å². The molecule has 2 aromatic rings. The quantitative estimate of drug-likeness (QED) is 0.502. The smallest absolute Gasteiger partial charge is 0.475 e. The molecule has 38 heavy (non-hydrogen) atoms. The molecule has 3 atom stereocenters. The van der Waals surface area contributed by atoms with Crippen molar-refractivity contribution in [2.45, 2.75) is 63.0 Å². The topological polar surface area (TPSA) is 122 Å². The molecule has 15 heteroatoms. The van der Waals surface area contributed by atoms with Gasteiger partial charge in [-0.1, -0.05) is 6.07 Å². The van der Waals surface area contributed by atoms with E-state index in [2.05, 4.69) is 9.88 Å². The Bertz CT molecular complexity index is 962. The lowest BCUT2D eigenvalue weighted by atomic mass is 9.99. The predicted octanol–water partition coefficient (Wildman–Crippen LogP) is 4.28. The average molecular weight is 556 g/mol. The van der Waals surface area contributed by atoms with Crippen LogP contribution in [0.5, 0.6) is 0 Å². The number of halogens is 6. The highest BCUT2D eigenvalue weighted by Gasteiger charge is 2.40. The fraction of sp³-hybridized carbons (Fsp3) is 0.522. The van der Waals surface area contributed by atoms with E-state index >= 15 is 0 Å². The summed E-state index contributed by atoms with van der Waals surface area (Å²) in [4.78, 5) is 24.4. The molecular weight excluding hydrogens is 530 g/mol. The maximum absolute atomic E-state index is 10.6. The molecule has 212 valence electrons. The molecule has 0 aromatic carbocycles. The summed E-state index contributed by atoms with van der Waals surface area (Å²) in [5, 5.41) is 14.2. The van der Waals surface area contributed by atoms with Crippen molar-refractivity contribution in [2.75, 3.05) is 13.2 Å². The van der Waals surface area contributed by atoms with E-state index in [0.29, 0.717) is 25.4 Å². The van der Waals surface area contributed by atoms with Gasteiger partial charge in [0.05, 0.1) is 37.9 Å². The van der Waals surface area contributed by atoms with Crippen LogP contribution in [0.3, 0.4) is 0 Å². The minimum atomic E-state index is -5.08. The first kappa shape index (κ1) is 31.1. The second-order valence-electron chi connectivity index (χ2n) is 8.31. The van der Waals surface area contributed by atoms with Crippen molar-refractivity contribution in [3.05, 3.63) is 54.2 Å². The highest BCUT2D eigenvalue weighted by molar-refractivity contribution is 5.73. The molecule has 0 spiro atoms. The first-order valence-electron chi connectivity index (χ1n) is 11.2. The van der Waals surface area contributed by atoms with Crippen LogP contribution in [-0.2, 0) is 32.2 Å². The largest absolute Gasteiger partial charge is 0.490 e. The highest BCUT2D eigenvalue weighted by Crippen LogP contribution is 2.32. The van der Waals surface area contributed by atoms with Crippen molar-refractivity contribution < 1.29 is 60.0 Å². The van der Waals surface area contributed by atoms with E-state index in [4.69, 9.17) is 33.7 Å². The van der Waals surface area contributed by atoms with Gasteiger partial charge in [-0.05, 0) is 37.0 Å².